The van der Waals surface area contributed by atoms with Gasteiger partial charge in [0.1, 0.15) is 17.1 Å². The van der Waals surface area contributed by atoms with Crippen molar-refractivity contribution in [1.82, 2.24) is 15.2 Å². The molecule has 0 bridgehead atoms. The molecule has 2 aromatic heterocycles. The third-order valence-corrected chi connectivity index (χ3v) is 2.21. The lowest BCUT2D eigenvalue weighted by Crippen LogP contribution is -2.25. The van der Waals surface area contributed by atoms with Crippen LogP contribution < -0.4 is 10.9 Å². The molecule has 0 aliphatic rings. The molecule has 6 nitrogen and oxygen atoms in total. The monoisotopic (exact) mass is 272 g/mol. The summed E-state index contributed by atoms with van der Waals surface area (Å²) in [5.41, 5.74) is -2.76. The number of nitrogens with zero attached hydrogens (tertiary/aromatic N) is 1. The van der Waals surface area contributed by atoms with E-state index in [0.717, 1.165) is 6.07 Å². The van der Waals surface area contributed by atoms with Crippen LogP contribution >= 0.6 is 0 Å². The molecule has 100 valence electrons. The molecule has 0 aromatic carbocycles. The van der Waals surface area contributed by atoms with Gasteiger partial charge in [-0.1, -0.05) is 0 Å². The molecule has 19 heavy (non-hydrogen) atoms. The summed E-state index contributed by atoms with van der Waals surface area (Å²) < 4.78 is 37.0. The van der Waals surface area contributed by atoms with E-state index >= 15 is 0 Å². The number of anilines is 1. The molecular formula is C10H7F3N4O2. The minimum absolute atomic E-state index is 0.226. The molecule has 1 amide bonds. The minimum Gasteiger partial charge on any atom is -0.318 e. The molecular weight excluding hydrogens is 265 g/mol. The largest absolute Gasteiger partial charge is 0.431 e. The van der Waals surface area contributed by atoms with Gasteiger partial charge in [0.2, 0.25) is 0 Å². The van der Waals surface area contributed by atoms with E-state index in [1.165, 1.54) is 12.3 Å². The topological polar surface area (TPSA) is 90.6 Å². The summed E-state index contributed by atoms with van der Waals surface area (Å²) in [7, 11) is 0. The number of hydrogen-bond donors (Lipinski definition) is 3. The fourth-order valence-corrected chi connectivity index (χ4v) is 1.33. The fourth-order valence-electron chi connectivity index (χ4n) is 1.33. The number of rotatable bonds is 2. The van der Waals surface area contributed by atoms with Crippen LogP contribution in [-0.4, -0.2) is 21.1 Å². The molecule has 0 unspecified atom stereocenters. The Labute approximate surface area is 103 Å². The standard InChI is InChI=1S/C10H7F3N4O2/c11-10(12,13)6-2-1-5(8(18)15-6)9(19)16-7-3-4-14-17-7/h1-4H,(H,15,18)(H2,14,16,17,19). The first-order valence-electron chi connectivity index (χ1n) is 4.99. The van der Waals surface area contributed by atoms with Crippen molar-refractivity contribution in [3.05, 3.63) is 46.0 Å². The second kappa shape index (κ2) is 4.59. The first-order valence-corrected chi connectivity index (χ1v) is 4.99. The number of alkyl halides is 3. The second-order valence-corrected chi connectivity index (χ2v) is 3.54. The van der Waals surface area contributed by atoms with Crippen LogP contribution in [0.25, 0.3) is 0 Å². The van der Waals surface area contributed by atoms with Crippen molar-refractivity contribution in [3.63, 3.8) is 0 Å². The van der Waals surface area contributed by atoms with Crippen LogP contribution in [0.5, 0.6) is 0 Å². The van der Waals surface area contributed by atoms with E-state index in [0.29, 0.717) is 6.07 Å². The smallest absolute Gasteiger partial charge is 0.318 e. The van der Waals surface area contributed by atoms with E-state index in [1.54, 1.807) is 4.98 Å². The highest BCUT2D eigenvalue weighted by Gasteiger charge is 2.32. The number of nitrogens with one attached hydrogen (secondary N) is 3. The predicted molar refractivity (Wildman–Crippen MR) is 58.6 cm³/mol. The van der Waals surface area contributed by atoms with Crippen molar-refractivity contribution in [1.29, 1.82) is 0 Å². The summed E-state index contributed by atoms with van der Waals surface area (Å²) in [5.74, 6) is -0.608. The zero-order valence-electron chi connectivity index (χ0n) is 9.21. The van der Waals surface area contributed by atoms with E-state index in [-0.39, 0.29) is 5.82 Å². The van der Waals surface area contributed by atoms with E-state index in [9.17, 15) is 22.8 Å². The van der Waals surface area contributed by atoms with Crippen LogP contribution in [0.15, 0.2) is 29.2 Å². The Morgan fingerprint density at radius 1 is 1.26 bits per heavy atom. The number of halogens is 3. The number of hydrogen-bond acceptors (Lipinski definition) is 3. The SMILES string of the molecule is O=C(Nc1ccn[nH]1)c1ccc(C(F)(F)F)[nH]c1=O. The molecule has 2 aromatic rings. The van der Waals surface area contributed by atoms with Crippen LogP contribution in [0.4, 0.5) is 19.0 Å². The van der Waals surface area contributed by atoms with Crippen molar-refractivity contribution in [2.75, 3.05) is 5.32 Å². The average molecular weight is 272 g/mol. The number of carbonyl (C=O) groups excluding carboxylic acids is 1. The summed E-state index contributed by atoms with van der Waals surface area (Å²) in [6.07, 6.45) is -3.30. The van der Waals surface area contributed by atoms with Gasteiger partial charge in [0, 0.05) is 6.07 Å². The van der Waals surface area contributed by atoms with Gasteiger partial charge in [0.15, 0.2) is 0 Å². The third kappa shape index (κ3) is 2.81. The number of pyridine rings is 1. The van der Waals surface area contributed by atoms with Crippen LogP contribution in [-0.2, 0) is 6.18 Å². The van der Waals surface area contributed by atoms with Crippen molar-refractivity contribution in [2.24, 2.45) is 0 Å². The lowest BCUT2D eigenvalue weighted by atomic mass is 10.2. The van der Waals surface area contributed by atoms with Gasteiger partial charge in [0.25, 0.3) is 11.5 Å². The van der Waals surface area contributed by atoms with Gasteiger partial charge in [-0.25, -0.2) is 0 Å². The number of H-pyrrole nitrogens is 2. The summed E-state index contributed by atoms with van der Waals surface area (Å²) >= 11 is 0. The summed E-state index contributed by atoms with van der Waals surface area (Å²) in [6, 6.07) is 2.87. The van der Waals surface area contributed by atoms with Gasteiger partial charge in [-0.3, -0.25) is 14.7 Å². The van der Waals surface area contributed by atoms with Crippen LogP contribution in [0.1, 0.15) is 16.1 Å². The first kappa shape index (κ1) is 12.9. The maximum absolute atomic E-state index is 12.3. The molecule has 3 N–H and O–H groups in total. The molecule has 0 radical (unpaired) electrons. The van der Waals surface area contributed by atoms with Gasteiger partial charge in [-0.05, 0) is 12.1 Å². The molecule has 2 heterocycles. The van der Waals surface area contributed by atoms with Gasteiger partial charge in [-0.15, -0.1) is 0 Å². The van der Waals surface area contributed by atoms with Crippen LogP contribution in [0, 0.1) is 0 Å². The Morgan fingerprint density at radius 3 is 2.53 bits per heavy atom. The second-order valence-electron chi connectivity index (χ2n) is 3.54. The number of aromatic nitrogens is 3. The Morgan fingerprint density at radius 2 is 2.00 bits per heavy atom. The summed E-state index contributed by atoms with van der Waals surface area (Å²) in [4.78, 5) is 24.7. The summed E-state index contributed by atoms with van der Waals surface area (Å²) in [5, 5.41) is 8.26. The van der Waals surface area contributed by atoms with Crippen molar-refractivity contribution >= 4 is 11.7 Å². The van der Waals surface area contributed by atoms with Gasteiger partial charge in [0.05, 0.1) is 6.20 Å². The number of aromatic amines is 2. The van der Waals surface area contributed by atoms with E-state index in [4.69, 9.17) is 0 Å². The Bertz CT molecular complexity index is 646. The minimum atomic E-state index is -4.67. The van der Waals surface area contributed by atoms with Crippen molar-refractivity contribution < 1.29 is 18.0 Å². The third-order valence-electron chi connectivity index (χ3n) is 2.21. The molecule has 0 saturated heterocycles. The summed E-state index contributed by atoms with van der Waals surface area (Å²) in [6.45, 7) is 0. The molecule has 2 rings (SSSR count). The maximum Gasteiger partial charge on any atom is 0.431 e. The molecule has 0 fully saturated rings. The van der Waals surface area contributed by atoms with Crippen molar-refractivity contribution in [2.45, 2.75) is 6.18 Å². The maximum atomic E-state index is 12.3. The zero-order chi connectivity index (χ0) is 14.0. The molecule has 0 spiro atoms. The molecule has 0 saturated carbocycles. The highest BCUT2D eigenvalue weighted by Crippen LogP contribution is 2.26. The predicted octanol–water partition coefficient (Wildman–Crippen LogP) is 1.37. The van der Waals surface area contributed by atoms with Gasteiger partial charge < -0.3 is 10.3 Å². The van der Waals surface area contributed by atoms with Gasteiger partial charge >= 0.3 is 6.18 Å². The van der Waals surface area contributed by atoms with Crippen LogP contribution in [0.2, 0.25) is 0 Å². The first-order chi connectivity index (χ1) is 8.88. The fraction of sp³-hybridized carbons (Fsp3) is 0.100. The highest BCUT2D eigenvalue weighted by atomic mass is 19.4. The Hall–Kier alpha value is -2.58. The Kier molecular flexibility index (Phi) is 3.11. The van der Waals surface area contributed by atoms with Crippen LogP contribution in [0.3, 0.4) is 0 Å². The molecule has 9 heteroatoms. The number of carbonyl (C=O) groups is 1. The lowest BCUT2D eigenvalue weighted by Gasteiger charge is -2.07. The van der Waals surface area contributed by atoms with E-state index in [2.05, 4.69) is 15.5 Å². The van der Waals surface area contributed by atoms with E-state index < -0.39 is 28.9 Å². The van der Waals surface area contributed by atoms with E-state index in [1.807, 2.05) is 0 Å². The molecule has 0 aliphatic heterocycles. The molecule has 0 atom stereocenters. The highest BCUT2D eigenvalue weighted by molar-refractivity contribution is 6.03. The quantitative estimate of drug-likeness (QED) is 0.771. The molecule has 0 aliphatic carbocycles. The average Bonchev–Trinajstić information content (AvgIpc) is 2.80. The normalized spacial score (nSPS) is 11.3. The van der Waals surface area contributed by atoms with Gasteiger partial charge in [-0.2, -0.15) is 18.3 Å². The van der Waals surface area contributed by atoms with Crippen molar-refractivity contribution in [3.8, 4) is 0 Å². The zero-order valence-corrected chi connectivity index (χ0v) is 9.21. The Balaban J connectivity index is 2.27. The number of amides is 1. The lowest BCUT2D eigenvalue weighted by molar-refractivity contribution is -0.141.